The number of rotatable bonds is 3. The number of nitrogens with one attached hydrogen (secondary N) is 1. The number of hydrogen-bond acceptors (Lipinski definition) is 3. The number of β-amino-alcohol motifs (C(OH)–C–C–N with tert-alkyl or cyclic N) is 1. The zero-order valence-electron chi connectivity index (χ0n) is 9.84. The maximum absolute atomic E-state index is 10.3. The van der Waals surface area contributed by atoms with Gasteiger partial charge in [0, 0.05) is 12.6 Å². The minimum atomic E-state index is -0.355. The lowest BCUT2D eigenvalue weighted by Gasteiger charge is -2.36. The minimum Gasteiger partial charge on any atom is -0.389 e. The molecule has 3 heteroatoms. The zero-order chi connectivity index (χ0) is 10.7. The Morgan fingerprint density at radius 3 is 2.40 bits per heavy atom. The van der Waals surface area contributed by atoms with Crippen LogP contribution >= 0.6 is 0 Å². The van der Waals surface area contributed by atoms with Crippen LogP contribution in [-0.2, 0) is 0 Å². The molecule has 0 radical (unpaired) electrons. The highest BCUT2D eigenvalue weighted by Gasteiger charge is 2.33. The van der Waals surface area contributed by atoms with E-state index in [1.165, 1.54) is 25.7 Å². The SMILES string of the molecule is CNC1CCN(CC2(O)CCCC2)CC1. The molecule has 1 saturated heterocycles. The van der Waals surface area contributed by atoms with E-state index in [9.17, 15) is 5.11 Å². The van der Waals surface area contributed by atoms with Crippen molar-refractivity contribution in [1.29, 1.82) is 0 Å². The zero-order valence-corrected chi connectivity index (χ0v) is 9.84. The first-order valence-electron chi connectivity index (χ1n) is 6.34. The summed E-state index contributed by atoms with van der Waals surface area (Å²) in [5, 5.41) is 13.6. The predicted molar refractivity (Wildman–Crippen MR) is 61.9 cm³/mol. The second kappa shape index (κ2) is 4.81. The smallest absolute Gasteiger partial charge is 0.0774 e. The van der Waals surface area contributed by atoms with Gasteiger partial charge in [0.2, 0.25) is 0 Å². The van der Waals surface area contributed by atoms with E-state index < -0.39 is 0 Å². The number of nitrogens with zero attached hydrogens (tertiary/aromatic N) is 1. The number of likely N-dealkylation sites (tertiary alicyclic amines) is 1. The molecule has 2 aliphatic rings. The molecular weight excluding hydrogens is 188 g/mol. The maximum Gasteiger partial charge on any atom is 0.0774 e. The summed E-state index contributed by atoms with van der Waals surface area (Å²) in [5.41, 5.74) is -0.355. The molecule has 0 atom stereocenters. The van der Waals surface area contributed by atoms with Crippen LogP contribution in [0.5, 0.6) is 0 Å². The lowest BCUT2D eigenvalue weighted by molar-refractivity contribution is 0.00234. The maximum atomic E-state index is 10.3. The fourth-order valence-corrected chi connectivity index (χ4v) is 2.99. The Morgan fingerprint density at radius 1 is 1.27 bits per heavy atom. The molecule has 0 unspecified atom stereocenters. The fraction of sp³-hybridized carbons (Fsp3) is 1.00. The van der Waals surface area contributed by atoms with E-state index in [1.54, 1.807) is 0 Å². The quantitative estimate of drug-likeness (QED) is 0.732. The standard InChI is InChI=1S/C12H24N2O/c1-13-11-4-8-14(9-5-11)10-12(15)6-2-3-7-12/h11,13,15H,2-10H2,1H3. The Hall–Kier alpha value is -0.120. The molecule has 0 aromatic heterocycles. The lowest BCUT2D eigenvalue weighted by Crippen LogP contribution is -2.47. The van der Waals surface area contributed by atoms with Gasteiger partial charge < -0.3 is 15.3 Å². The van der Waals surface area contributed by atoms with E-state index in [0.29, 0.717) is 6.04 Å². The molecule has 3 nitrogen and oxygen atoms in total. The molecule has 0 aromatic rings. The Balaban J connectivity index is 1.76. The Kier molecular flexibility index (Phi) is 3.65. The van der Waals surface area contributed by atoms with E-state index in [-0.39, 0.29) is 5.60 Å². The second-order valence-corrected chi connectivity index (χ2v) is 5.27. The van der Waals surface area contributed by atoms with Gasteiger partial charge in [-0.25, -0.2) is 0 Å². The summed E-state index contributed by atoms with van der Waals surface area (Å²) in [6.45, 7) is 3.20. The van der Waals surface area contributed by atoms with E-state index in [4.69, 9.17) is 0 Å². The average molecular weight is 212 g/mol. The third-order valence-corrected chi connectivity index (χ3v) is 4.05. The summed E-state index contributed by atoms with van der Waals surface area (Å²) >= 11 is 0. The van der Waals surface area contributed by atoms with E-state index in [0.717, 1.165) is 32.5 Å². The predicted octanol–water partition coefficient (Wildman–Crippen LogP) is 0.975. The van der Waals surface area contributed by atoms with Crippen molar-refractivity contribution in [2.24, 2.45) is 0 Å². The van der Waals surface area contributed by atoms with Crippen molar-refractivity contribution in [3.63, 3.8) is 0 Å². The van der Waals surface area contributed by atoms with Gasteiger partial charge in [0.15, 0.2) is 0 Å². The summed E-state index contributed by atoms with van der Waals surface area (Å²) < 4.78 is 0. The molecule has 88 valence electrons. The number of piperidine rings is 1. The molecule has 2 fully saturated rings. The third-order valence-electron chi connectivity index (χ3n) is 4.05. The molecule has 0 aromatic carbocycles. The Morgan fingerprint density at radius 2 is 1.87 bits per heavy atom. The highest BCUT2D eigenvalue weighted by molar-refractivity contribution is 4.89. The summed E-state index contributed by atoms with van der Waals surface area (Å²) in [6.07, 6.45) is 6.91. The summed E-state index contributed by atoms with van der Waals surface area (Å²) in [5.74, 6) is 0. The van der Waals surface area contributed by atoms with Crippen LogP contribution in [0.2, 0.25) is 0 Å². The number of hydrogen-bond donors (Lipinski definition) is 2. The molecule has 1 saturated carbocycles. The second-order valence-electron chi connectivity index (χ2n) is 5.27. The van der Waals surface area contributed by atoms with E-state index >= 15 is 0 Å². The van der Waals surface area contributed by atoms with Crippen molar-refractivity contribution in [3.8, 4) is 0 Å². The van der Waals surface area contributed by atoms with Crippen LogP contribution in [0.3, 0.4) is 0 Å². The van der Waals surface area contributed by atoms with Gasteiger partial charge in [-0.3, -0.25) is 0 Å². The molecule has 2 N–H and O–H groups in total. The van der Waals surface area contributed by atoms with Crippen LogP contribution in [-0.4, -0.2) is 48.3 Å². The normalized spacial score (nSPS) is 28.4. The van der Waals surface area contributed by atoms with Crippen LogP contribution < -0.4 is 5.32 Å². The van der Waals surface area contributed by atoms with Crippen molar-refractivity contribution < 1.29 is 5.11 Å². The highest BCUT2D eigenvalue weighted by atomic mass is 16.3. The Bertz CT molecular complexity index is 194. The molecular formula is C12H24N2O. The molecule has 1 aliphatic carbocycles. The van der Waals surface area contributed by atoms with Crippen molar-refractivity contribution in [2.45, 2.75) is 50.2 Å². The van der Waals surface area contributed by atoms with Crippen LogP contribution in [0, 0.1) is 0 Å². The van der Waals surface area contributed by atoms with Crippen molar-refractivity contribution >= 4 is 0 Å². The largest absolute Gasteiger partial charge is 0.389 e. The topological polar surface area (TPSA) is 35.5 Å². The van der Waals surface area contributed by atoms with E-state index in [1.807, 2.05) is 7.05 Å². The van der Waals surface area contributed by atoms with Gasteiger partial charge in [0.25, 0.3) is 0 Å². The van der Waals surface area contributed by atoms with Crippen molar-refractivity contribution in [1.82, 2.24) is 10.2 Å². The first-order chi connectivity index (χ1) is 7.22. The average Bonchev–Trinajstić information content (AvgIpc) is 2.66. The molecule has 2 rings (SSSR count). The van der Waals surface area contributed by atoms with Gasteiger partial charge in [-0.05, 0) is 45.8 Å². The summed E-state index contributed by atoms with van der Waals surface area (Å²) in [4.78, 5) is 2.44. The van der Waals surface area contributed by atoms with Crippen LogP contribution in [0.1, 0.15) is 38.5 Å². The lowest BCUT2D eigenvalue weighted by atomic mass is 9.99. The molecule has 15 heavy (non-hydrogen) atoms. The molecule has 1 aliphatic heterocycles. The Labute approximate surface area is 92.8 Å². The first kappa shape index (κ1) is 11.4. The minimum absolute atomic E-state index is 0.355. The van der Waals surface area contributed by atoms with Gasteiger partial charge in [0.1, 0.15) is 0 Å². The van der Waals surface area contributed by atoms with Gasteiger partial charge in [-0.1, -0.05) is 12.8 Å². The molecule has 1 heterocycles. The number of aliphatic hydroxyl groups is 1. The van der Waals surface area contributed by atoms with Gasteiger partial charge in [-0.15, -0.1) is 0 Å². The summed E-state index contributed by atoms with van der Waals surface area (Å²) in [7, 11) is 2.05. The first-order valence-corrected chi connectivity index (χ1v) is 6.34. The van der Waals surface area contributed by atoms with Crippen LogP contribution in [0.4, 0.5) is 0 Å². The van der Waals surface area contributed by atoms with Crippen molar-refractivity contribution in [2.75, 3.05) is 26.7 Å². The van der Waals surface area contributed by atoms with Crippen LogP contribution in [0.25, 0.3) is 0 Å². The molecule has 0 amide bonds. The fourth-order valence-electron chi connectivity index (χ4n) is 2.99. The van der Waals surface area contributed by atoms with Crippen LogP contribution in [0.15, 0.2) is 0 Å². The van der Waals surface area contributed by atoms with Gasteiger partial charge in [-0.2, -0.15) is 0 Å². The third kappa shape index (κ3) is 2.92. The van der Waals surface area contributed by atoms with Gasteiger partial charge in [0.05, 0.1) is 5.60 Å². The molecule has 0 bridgehead atoms. The monoisotopic (exact) mass is 212 g/mol. The van der Waals surface area contributed by atoms with Crippen molar-refractivity contribution in [3.05, 3.63) is 0 Å². The van der Waals surface area contributed by atoms with Gasteiger partial charge >= 0.3 is 0 Å². The molecule has 0 spiro atoms. The summed E-state index contributed by atoms with van der Waals surface area (Å²) in [6, 6.07) is 0.694. The van der Waals surface area contributed by atoms with E-state index in [2.05, 4.69) is 10.2 Å². The highest BCUT2D eigenvalue weighted by Crippen LogP contribution is 2.30.